The first-order valence-corrected chi connectivity index (χ1v) is 7.71. The van der Waals surface area contributed by atoms with Gasteiger partial charge in [0.15, 0.2) is 9.84 Å². The molecular weight excluding hydrogens is 252 g/mol. The van der Waals surface area contributed by atoms with Crippen LogP contribution < -0.4 is 0 Å². The molecule has 2 aromatic rings. The van der Waals surface area contributed by atoms with Gasteiger partial charge in [-0.25, -0.2) is 13.4 Å². The summed E-state index contributed by atoms with van der Waals surface area (Å²) in [6, 6.07) is 5.16. The van der Waals surface area contributed by atoms with Crippen LogP contribution >= 0.6 is 0 Å². The van der Waals surface area contributed by atoms with Crippen LogP contribution in [-0.4, -0.2) is 37.9 Å². The molecule has 0 spiro atoms. The molecule has 0 amide bonds. The predicted molar refractivity (Wildman–Crippen MR) is 67.4 cm³/mol. The van der Waals surface area contributed by atoms with Crippen molar-refractivity contribution in [3.8, 4) is 0 Å². The van der Waals surface area contributed by atoms with Crippen LogP contribution in [0.5, 0.6) is 0 Å². The van der Waals surface area contributed by atoms with E-state index in [1.54, 1.807) is 12.1 Å². The molecule has 1 atom stereocenters. The van der Waals surface area contributed by atoms with E-state index >= 15 is 0 Å². The van der Waals surface area contributed by atoms with E-state index in [0.29, 0.717) is 12.1 Å². The first-order valence-electron chi connectivity index (χ1n) is 5.82. The highest BCUT2D eigenvalue weighted by Crippen LogP contribution is 2.27. The number of aromatic amines is 1. The van der Waals surface area contributed by atoms with Crippen molar-refractivity contribution >= 4 is 20.9 Å². The highest BCUT2D eigenvalue weighted by molar-refractivity contribution is 7.91. The number of aromatic nitrogens is 2. The molecule has 3 rings (SSSR count). The minimum absolute atomic E-state index is 0.241. The maximum atomic E-state index is 11.7. The maximum Gasteiger partial charge on any atom is 0.177 e. The molecule has 1 unspecified atom stereocenters. The number of sulfone groups is 1. The standard InChI is InChI=1S/C12H14N2O3S/c1-18(15,16)10-4-2-3-9-11(10)14-12(13-9)8-5-6-17-7-8/h2-4,8H,5-7H2,1H3,(H,13,14). The van der Waals surface area contributed by atoms with Gasteiger partial charge in [0.1, 0.15) is 11.3 Å². The summed E-state index contributed by atoms with van der Waals surface area (Å²) in [6.07, 6.45) is 2.13. The van der Waals surface area contributed by atoms with Crippen LogP contribution in [0.1, 0.15) is 18.2 Å². The van der Waals surface area contributed by atoms with Gasteiger partial charge in [-0.05, 0) is 18.6 Å². The van der Waals surface area contributed by atoms with Crippen LogP contribution in [0, 0.1) is 0 Å². The van der Waals surface area contributed by atoms with Crippen LogP contribution in [0.4, 0.5) is 0 Å². The largest absolute Gasteiger partial charge is 0.381 e. The third-order valence-electron chi connectivity index (χ3n) is 3.21. The van der Waals surface area contributed by atoms with Gasteiger partial charge in [0.25, 0.3) is 0 Å². The monoisotopic (exact) mass is 266 g/mol. The van der Waals surface area contributed by atoms with Crippen LogP contribution in [0.3, 0.4) is 0 Å². The first-order chi connectivity index (χ1) is 8.55. The summed E-state index contributed by atoms with van der Waals surface area (Å²) in [6.45, 7) is 1.38. The van der Waals surface area contributed by atoms with E-state index in [1.165, 1.54) is 6.26 Å². The number of hydrogen-bond acceptors (Lipinski definition) is 4. The third-order valence-corrected chi connectivity index (χ3v) is 4.34. The molecule has 1 saturated heterocycles. The summed E-state index contributed by atoms with van der Waals surface area (Å²) in [7, 11) is -3.25. The number of H-pyrrole nitrogens is 1. The quantitative estimate of drug-likeness (QED) is 0.893. The van der Waals surface area contributed by atoms with Gasteiger partial charge in [0.2, 0.25) is 0 Å². The fourth-order valence-corrected chi connectivity index (χ4v) is 3.10. The Labute approximate surface area is 105 Å². The van der Waals surface area contributed by atoms with E-state index in [0.717, 1.165) is 24.4 Å². The Morgan fingerprint density at radius 2 is 2.28 bits per heavy atom. The van der Waals surface area contributed by atoms with Gasteiger partial charge in [-0.1, -0.05) is 6.07 Å². The van der Waals surface area contributed by atoms with E-state index in [9.17, 15) is 8.42 Å². The van der Waals surface area contributed by atoms with Gasteiger partial charge in [-0.2, -0.15) is 0 Å². The molecule has 18 heavy (non-hydrogen) atoms. The number of hydrogen-bond donors (Lipinski definition) is 1. The van der Waals surface area contributed by atoms with Gasteiger partial charge >= 0.3 is 0 Å². The first kappa shape index (κ1) is 11.7. The average molecular weight is 266 g/mol. The number of nitrogens with one attached hydrogen (secondary N) is 1. The fourth-order valence-electron chi connectivity index (χ4n) is 2.27. The molecule has 1 N–H and O–H groups in total. The topological polar surface area (TPSA) is 72.0 Å². The molecule has 0 aliphatic carbocycles. The Kier molecular flexibility index (Phi) is 2.64. The lowest BCUT2D eigenvalue weighted by Gasteiger charge is -2.00. The number of ether oxygens (including phenoxy) is 1. The van der Waals surface area contributed by atoms with Crippen molar-refractivity contribution in [2.75, 3.05) is 19.5 Å². The van der Waals surface area contributed by atoms with Crippen molar-refractivity contribution in [1.82, 2.24) is 9.97 Å². The molecule has 1 aliphatic heterocycles. The van der Waals surface area contributed by atoms with Crippen molar-refractivity contribution in [2.24, 2.45) is 0 Å². The van der Waals surface area contributed by atoms with Crippen molar-refractivity contribution in [3.05, 3.63) is 24.0 Å². The minimum atomic E-state index is -3.25. The molecule has 1 aliphatic rings. The molecular formula is C12H14N2O3S. The van der Waals surface area contributed by atoms with Gasteiger partial charge in [-0.15, -0.1) is 0 Å². The number of para-hydroxylation sites is 1. The second kappa shape index (κ2) is 4.07. The minimum Gasteiger partial charge on any atom is -0.381 e. The van der Waals surface area contributed by atoms with Crippen molar-refractivity contribution < 1.29 is 13.2 Å². The predicted octanol–water partition coefficient (Wildman–Crippen LogP) is 1.47. The van der Waals surface area contributed by atoms with E-state index in [4.69, 9.17) is 4.74 Å². The Balaban J connectivity index is 2.17. The highest BCUT2D eigenvalue weighted by Gasteiger charge is 2.23. The highest BCUT2D eigenvalue weighted by atomic mass is 32.2. The zero-order chi connectivity index (χ0) is 12.8. The molecule has 1 aromatic carbocycles. The summed E-state index contributed by atoms with van der Waals surface area (Å²) in [5.74, 6) is 1.06. The van der Waals surface area contributed by atoms with Crippen LogP contribution in [0.2, 0.25) is 0 Å². The number of rotatable bonds is 2. The number of imidazole rings is 1. The Morgan fingerprint density at radius 1 is 1.44 bits per heavy atom. The normalized spacial score (nSPS) is 20.6. The summed E-state index contributed by atoms with van der Waals surface area (Å²) in [5.41, 5.74) is 1.29. The van der Waals surface area contributed by atoms with Gasteiger partial charge in [0, 0.05) is 18.8 Å². The van der Waals surface area contributed by atoms with E-state index < -0.39 is 9.84 Å². The second-order valence-corrected chi connectivity index (χ2v) is 6.59. The molecule has 0 saturated carbocycles. The molecule has 5 nitrogen and oxygen atoms in total. The third kappa shape index (κ3) is 1.91. The summed E-state index contributed by atoms with van der Waals surface area (Å²) in [4.78, 5) is 7.92. The van der Waals surface area contributed by atoms with Crippen molar-refractivity contribution in [2.45, 2.75) is 17.2 Å². The lowest BCUT2D eigenvalue weighted by atomic mass is 10.1. The summed E-state index contributed by atoms with van der Waals surface area (Å²) < 4.78 is 28.7. The molecule has 0 radical (unpaired) electrons. The molecule has 6 heteroatoms. The lowest BCUT2D eigenvalue weighted by molar-refractivity contribution is 0.193. The SMILES string of the molecule is CS(=O)(=O)c1cccc2[nH]c(C3CCOC3)nc12. The fraction of sp³-hybridized carbons (Fsp3) is 0.417. The molecule has 1 aromatic heterocycles. The number of benzene rings is 1. The Hall–Kier alpha value is -1.40. The van der Waals surface area contributed by atoms with Gasteiger partial charge in [-0.3, -0.25) is 0 Å². The van der Waals surface area contributed by atoms with Crippen LogP contribution in [0.25, 0.3) is 11.0 Å². The summed E-state index contributed by atoms with van der Waals surface area (Å²) >= 11 is 0. The van der Waals surface area contributed by atoms with E-state index in [1.807, 2.05) is 6.07 Å². The average Bonchev–Trinajstić information content (AvgIpc) is 2.95. The van der Waals surface area contributed by atoms with Crippen molar-refractivity contribution in [3.63, 3.8) is 0 Å². The van der Waals surface area contributed by atoms with E-state index in [-0.39, 0.29) is 10.8 Å². The molecule has 1 fully saturated rings. The van der Waals surface area contributed by atoms with E-state index in [2.05, 4.69) is 9.97 Å². The van der Waals surface area contributed by atoms with Gasteiger partial charge < -0.3 is 9.72 Å². The number of nitrogens with zero attached hydrogens (tertiary/aromatic N) is 1. The zero-order valence-corrected chi connectivity index (χ0v) is 10.8. The summed E-state index contributed by atoms with van der Waals surface area (Å²) in [5, 5.41) is 0. The Morgan fingerprint density at radius 3 is 2.94 bits per heavy atom. The Bertz CT molecular complexity index is 684. The molecule has 96 valence electrons. The van der Waals surface area contributed by atoms with Gasteiger partial charge in [0.05, 0.1) is 17.0 Å². The van der Waals surface area contributed by atoms with Crippen LogP contribution in [0.15, 0.2) is 23.1 Å². The van der Waals surface area contributed by atoms with Crippen LogP contribution in [-0.2, 0) is 14.6 Å². The second-order valence-electron chi connectivity index (χ2n) is 4.61. The smallest absolute Gasteiger partial charge is 0.177 e. The lowest BCUT2D eigenvalue weighted by Crippen LogP contribution is -2.00. The maximum absolute atomic E-state index is 11.7. The molecule has 0 bridgehead atoms. The zero-order valence-electron chi connectivity index (χ0n) is 10.0. The number of fused-ring (bicyclic) bond motifs is 1. The molecule has 2 heterocycles. The van der Waals surface area contributed by atoms with Crippen molar-refractivity contribution in [1.29, 1.82) is 0 Å².